The van der Waals surface area contributed by atoms with Gasteiger partial charge in [0.05, 0.1) is 0 Å². The molecule has 0 aliphatic rings. The van der Waals surface area contributed by atoms with Crippen molar-refractivity contribution < 1.29 is 4.79 Å². The van der Waals surface area contributed by atoms with Crippen LogP contribution in [0.4, 0.5) is 0 Å². The second kappa shape index (κ2) is 5.79. The first-order valence-corrected chi connectivity index (χ1v) is 3.78. The Bertz CT molecular complexity index is 174. The molecule has 0 N–H and O–H groups in total. The molecule has 0 heterocycles. The van der Waals surface area contributed by atoms with Crippen LogP contribution in [0.25, 0.3) is 0 Å². The highest BCUT2D eigenvalue weighted by Crippen LogP contribution is 1.96. The molecule has 0 aliphatic heterocycles. The Kier molecular flexibility index (Phi) is 5.28. The molecule has 2 heteroatoms. The summed E-state index contributed by atoms with van der Waals surface area (Å²) in [7, 11) is 3.54. The van der Waals surface area contributed by atoms with Crippen molar-refractivity contribution in [3.05, 3.63) is 0 Å². The van der Waals surface area contributed by atoms with Crippen LogP contribution in [-0.2, 0) is 4.79 Å². The Labute approximate surface area is 68.6 Å². The molecule has 11 heavy (non-hydrogen) atoms. The van der Waals surface area contributed by atoms with Gasteiger partial charge in [0.25, 0.3) is 0 Å². The molecule has 0 bridgehead atoms. The van der Waals surface area contributed by atoms with Gasteiger partial charge in [-0.3, -0.25) is 4.79 Å². The average molecular weight is 153 g/mol. The van der Waals surface area contributed by atoms with E-state index in [0.29, 0.717) is 6.42 Å². The Morgan fingerprint density at radius 3 is 2.55 bits per heavy atom. The lowest BCUT2D eigenvalue weighted by molar-refractivity contribution is -0.128. The maximum absolute atomic E-state index is 11.0. The Hall–Kier alpha value is -0.970. The normalized spacial score (nSPS) is 8.27. The number of carbonyl (C=O) groups is 1. The summed E-state index contributed by atoms with van der Waals surface area (Å²) < 4.78 is 0. The zero-order valence-corrected chi connectivity index (χ0v) is 7.48. The maximum Gasteiger partial charge on any atom is 0.222 e. The monoisotopic (exact) mass is 153 g/mol. The lowest BCUT2D eigenvalue weighted by Crippen LogP contribution is -2.20. The molecule has 0 rings (SSSR count). The third-order valence-electron chi connectivity index (χ3n) is 1.37. The van der Waals surface area contributed by atoms with Gasteiger partial charge >= 0.3 is 0 Å². The van der Waals surface area contributed by atoms with Crippen molar-refractivity contribution in [1.82, 2.24) is 4.90 Å². The largest absolute Gasteiger partial charge is 0.349 e. The molecule has 1 amide bonds. The van der Waals surface area contributed by atoms with Gasteiger partial charge < -0.3 is 4.90 Å². The van der Waals surface area contributed by atoms with Crippen LogP contribution >= 0.6 is 0 Å². The van der Waals surface area contributed by atoms with Crippen LogP contribution in [-0.4, -0.2) is 24.9 Å². The number of nitrogens with zero attached hydrogens (tertiary/aromatic N) is 1. The topological polar surface area (TPSA) is 20.3 Å². The summed E-state index contributed by atoms with van der Waals surface area (Å²) in [5.74, 6) is 5.90. The molecular weight excluding hydrogens is 138 g/mol. The van der Waals surface area contributed by atoms with Gasteiger partial charge in [-0.25, -0.2) is 0 Å². The van der Waals surface area contributed by atoms with Gasteiger partial charge in [0, 0.05) is 26.9 Å². The number of amides is 1. The van der Waals surface area contributed by atoms with E-state index in [-0.39, 0.29) is 5.91 Å². The van der Waals surface area contributed by atoms with Gasteiger partial charge in [-0.15, -0.1) is 11.8 Å². The predicted octanol–water partition coefficient (Wildman–Crippen LogP) is 1.27. The minimum Gasteiger partial charge on any atom is -0.349 e. The molecule has 62 valence electrons. The lowest BCUT2D eigenvalue weighted by Gasteiger charge is -2.08. The summed E-state index contributed by atoms with van der Waals surface area (Å²) >= 11 is 0. The van der Waals surface area contributed by atoms with Crippen LogP contribution < -0.4 is 0 Å². The highest BCUT2D eigenvalue weighted by atomic mass is 16.2. The van der Waals surface area contributed by atoms with E-state index in [4.69, 9.17) is 0 Å². The van der Waals surface area contributed by atoms with Crippen LogP contribution in [0.1, 0.15) is 26.2 Å². The summed E-state index contributed by atoms with van der Waals surface area (Å²) in [6, 6.07) is 0. The Morgan fingerprint density at radius 2 is 2.09 bits per heavy atom. The Morgan fingerprint density at radius 1 is 1.45 bits per heavy atom. The second-order valence-corrected chi connectivity index (χ2v) is 2.57. The van der Waals surface area contributed by atoms with Gasteiger partial charge in [0.15, 0.2) is 0 Å². The quantitative estimate of drug-likeness (QED) is 0.441. The van der Waals surface area contributed by atoms with E-state index >= 15 is 0 Å². The summed E-state index contributed by atoms with van der Waals surface area (Å²) in [4.78, 5) is 12.6. The number of carbonyl (C=O) groups excluding carboxylic acids is 1. The molecule has 0 aliphatic carbocycles. The summed E-state index contributed by atoms with van der Waals surface area (Å²) in [5.41, 5.74) is 0. The first-order chi connectivity index (χ1) is 5.18. The molecule has 0 aromatic carbocycles. The van der Waals surface area contributed by atoms with Crippen molar-refractivity contribution in [2.45, 2.75) is 26.2 Å². The van der Waals surface area contributed by atoms with Gasteiger partial charge in [0.1, 0.15) is 0 Å². The fourth-order valence-electron chi connectivity index (χ4n) is 0.677. The van der Waals surface area contributed by atoms with Crippen molar-refractivity contribution in [1.29, 1.82) is 0 Å². The van der Waals surface area contributed by atoms with Gasteiger partial charge in [-0.1, -0.05) is 0 Å². The smallest absolute Gasteiger partial charge is 0.222 e. The van der Waals surface area contributed by atoms with Crippen molar-refractivity contribution in [3.8, 4) is 11.8 Å². The minimum absolute atomic E-state index is 0.183. The van der Waals surface area contributed by atoms with Crippen molar-refractivity contribution in [2.75, 3.05) is 14.1 Å². The van der Waals surface area contributed by atoms with Crippen LogP contribution in [0.15, 0.2) is 0 Å². The zero-order valence-electron chi connectivity index (χ0n) is 7.48. The third-order valence-corrected chi connectivity index (χ3v) is 1.37. The van der Waals surface area contributed by atoms with E-state index in [9.17, 15) is 4.79 Å². The van der Waals surface area contributed by atoms with Crippen molar-refractivity contribution in [2.24, 2.45) is 0 Å². The third kappa shape index (κ3) is 5.47. The molecule has 0 fully saturated rings. The molecule has 0 spiro atoms. The molecular formula is C9H15NO. The molecule has 2 nitrogen and oxygen atoms in total. The fourth-order valence-corrected chi connectivity index (χ4v) is 0.677. The fraction of sp³-hybridized carbons (Fsp3) is 0.667. The predicted molar refractivity (Wildman–Crippen MR) is 46.0 cm³/mol. The lowest BCUT2D eigenvalue weighted by atomic mass is 10.2. The molecule has 0 aromatic heterocycles. The average Bonchev–Trinajstić information content (AvgIpc) is 1.97. The van der Waals surface area contributed by atoms with E-state index in [1.54, 1.807) is 19.0 Å². The zero-order chi connectivity index (χ0) is 8.69. The van der Waals surface area contributed by atoms with Crippen molar-refractivity contribution >= 4 is 5.91 Å². The number of hydrogen-bond acceptors (Lipinski definition) is 1. The standard InChI is InChI=1S/C9H15NO/c1-4-5-6-7-8-9(11)10(2)3/h6-8H2,1-3H3. The van der Waals surface area contributed by atoms with Gasteiger partial charge in [0.2, 0.25) is 5.91 Å². The van der Waals surface area contributed by atoms with Crippen LogP contribution in [0.5, 0.6) is 0 Å². The Balaban J connectivity index is 3.37. The van der Waals surface area contributed by atoms with Crippen LogP contribution in [0.3, 0.4) is 0 Å². The number of unbranched alkanes of at least 4 members (excludes halogenated alkanes) is 1. The molecule has 0 unspecified atom stereocenters. The SMILES string of the molecule is CC#CCCCC(=O)N(C)C. The number of rotatable bonds is 3. The van der Waals surface area contributed by atoms with Gasteiger partial charge in [-0.05, 0) is 13.3 Å². The van der Waals surface area contributed by atoms with E-state index in [2.05, 4.69) is 11.8 Å². The maximum atomic E-state index is 11.0. The van der Waals surface area contributed by atoms with E-state index in [0.717, 1.165) is 12.8 Å². The first-order valence-electron chi connectivity index (χ1n) is 3.78. The van der Waals surface area contributed by atoms with Gasteiger partial charge in [-0.2, -0.15) is 0 Å². The highest BCUT2D eigenvalue weighted by molar-refractivity contribution is 5.75. The van der Waals surface area contributed by atoms with E-state index in [1.807, 2.05) is 6.92 Å². The highest BCUT2D eigenvalue weighted by Gasteiger charge is 2.00. The molecule has 0 saturated heterocycles. The summed E-state index contributed by atoms with van der Waals surface area (Å²) in [6.45, 7) is 1.81. The molecule has 0 saturated carbocycles. The minimum atomic E-state index is 0.183. The first kappa shape index (κ1) is 10.0. The molecule has 0 aromatic rings. The summed E-state index contributed by atoms with van der Waals surface area (Å²) in [6.07, 6.45) is 2.32. The van der Waals surface area contributed by atoms with Crippen LogP contribution in [0, 0.1) is 11.8 Å². The summed E-state index contributed by atoms with van der Waals surface area (Å²) in [5, 5.41) is 0. The van der Waals surface area contributed by atoms with Crippen LogP contribution in [0.2, 0.25) is 0 Å². The molecule has 0 radical (unpaired) electrons. The van der Waals surface area contributed by atoms with Crippen molar-refractivity contribution in [3.63, 3.8) is 0 Å². The molecule has 0 atom stereocenters. The number of hydrogen-bond donors (Lipinski definition) is 0. The second-order valence-electron chi connectivity index (χ2n) is 2.57. The van der Waals surface area contributed by atoms with E-state index < -0.39 is 0 Å². The van der Waals surface area contributed by atoms with E-state index in [1.165, 1.54) is 0 Å².